The lowest BCUT2D eigenvalue weighted by Crippen LogP contribution is -1.99. The Balaban J connectivity index is 2.85. The highest BCUT2D eigenvalue weighted by Crippen LogP contribution is 2.49. The molecular weight excluding hydrogens is 277 g/mol. The van der Waals surface area contributed by atoms with Gasteiger partial charge in [0.15, 0.2) is 0 Å². The minimum Gasteiger partial charge on any atom is -0.415 e. The van der Waals surface area contributed by atoms with E-state index in [0.29, 0.717) is 5.75 Å². The number of nitro benzene ring substituents is 1. The number of benzene rings is 1. The van der Waals surface area contributed by atoms with Gasteiger partial charge in [-0.2, -0.15) is 0 Å². The Labute approximate surface area is 109 Å². The molecule has 0 saturated carbocycles. The molecule has 1 unspecified atom stereocenters. The Morgan fingerprint density at radius 1 is 1.50 bits per heavy atom. The smallest absolute Gasteiger partial charge is 0.415 e. The van der Waals surface area contributed by atoms with Crippen LogP contribution in [0, 0.1) is 22.6 Å². The van der Waals surface area contributed by atoms with E-state index in [-0.39, 0.29) is 12.3 Å². The molecule has 0 amide bonds. The average Bonchev–Trinajstić information content (AvgIpc) is 2.30. The fourth-order valence-electron chi connectivity index (χ4n) is 1.05. The number of nitrogens with zero attached hydrogens (tertiary/aromatic N) is 1. The molecule has 0 aliphatic heterocycles. The zero-order valence-corrected chi connectivity index (χ0v) is 11.1. The minimum absolute atomic E-state index is 0.0510. The van der Waals surface area contributed by atoms with Gasteiger partial charge in [0.2, 0.25) is 0 Å². The lowest BCUT2D eigenvalue weighted by molar-refractivity contribution is -0.384. The third-order valence-electron chi connectivity index (χ3n) is 1.72. The molecule has 0 aliphatic carbocycles. The fraction of sp³-hybridized carbons (Fsp3) is 0.200. The molecule has 0 aliphatic rings. The number of hydrogen-bond acceptors (Lipinski definition) is 6. The van der Waals surface area contributed by atoms with E-state index in [1.807, 2.05) is 6.11 Å². The molecular formula is C10H10NO5PS. The highest BCUT2D eigenvalue weighted by Gasteiger charge is 2.22. The normalized spacial score (nSPS) is 13.1. The summed E-state index contributed by atoms with van der Waals surface area (Å²) in [7, 11) is 0. The van der Waals surface area contributed by atoms with Crippen LogP contribution in [0.25, 0.3) is 0 Å². The van der Waals surface area contributed by atoms with Gasteiger partial charge in [-0.1, -0.05) is 6.42 Å². The van der Waals surface area contributed by atoms with Crippen molar-refractivity contribution in [3.63, 3.8) is 0 Å². The van der Waals surface area contributed by atoms with Gasteiger partial charge in [-0.3, -0.25) is 14.6 Å². The molecule has 0 aromatic heterocycles. The zero-order valence-electron chi connectivity index (χ0n) is 9.44. The Bertz CT molecular complexity index is 510. The fourth-order valence-corrected chi connectivity index (χ4v) is 2.72. The second-order valence-electron chi connectivity index (χ2n) is 2.92. The van der Waals surface area contributed by atoms with Crippen molar-refractivity contribution in [3.05, 3.63) is 34.4 Å². The molecule has 1 atom stereocenters. The molecule has 0 spiro atoms. The van der Waals surface area contributed by atoms with Gasteiger partial charge in [-0.05, 0) is 19.1 Å². The van der Waals surface area contributed by atoms with Crippen molar-refractivity contribution in [2.75, 3.05) is 6.61 Å². The van der Waals surface area contributed by atoms with E-state index < -0.39 is 11.6 Å². The first-order chi connectivity index (χ1) is 8.50. The average molecular weight is 287 g/mol. The standard InChI is InChI=1S/C10H10NO5PS/c1-3-14-17(18,15-4-2)16-10-7-5-9(6-8-10)11(12)13/h1,5-8H,4H2,2H3. The first-order valence-corrected chi connectivity index (χ1v) is 7.39. The van der Waals surface area contributed by atoms with Gasteiger partial charge in [0.25, 0.3) is 5.69 Å². The first kappa shape index (κ1) is 14.5. The van der Waals surface area contributed by atoms with E-state index in [2.05, 4.69) is 0 Å². The quantitative estimate of drug-likeness (QED) is 0.347. The van der Waals surface area contributed by atoms with Gasteiger partial charge in [-0.15, -0.1) is 0 Å². The molecule has 0 fully saturated rings. The van der Waals surface area contributed by atoms with E-state index in [1.54, 1.807) is 6.92 Å². The van der Waals surface area contributed by atoms with Crippen molar-refractivity contribution in [2.45, 2.75) is 6.92 Å². The SMILES string of the molecule is C#COP(=S)(OCC)Oc1ccc([N+](=O)[O-])cc1. The van der Waals surface area contributed by atoms with Crippen LogP contribution in [-0.4, -0.2) is 11.5 Å². The predicted molar refractivity (Wildman–Crippen MR) is 69.6 cm³/mol. The lowest BCUT2D eigenvalue weighted by Gasteiger charge is -2.18. The lowest BCUT2D eigenvalue weighted by atomic mass is 10.3. The molecule has 1 rings (SSSR count). The predicted octanol–water partition coefficient (Wildman–Crippen LogP) is 2.84. The maximum atomic E-state index is 10.5. The van der Waals surface area contributed by atoms with Crippen LogP contribution in [0.4, 0.5) is 5.69 Å². The van der Waals surface area contributed by atoms with E-state index in [9.17, 15) is 10.1 Å². The largest absolute Gasteiger partial charge is 0.443 e. The number of non-ortho nitro benzene ring substituents is 1. The van der Waals surface area contributed by atoms with Gasteiger partial charge < -0.3 is 9.05 Å². The monoisotopic (exact) mass is 287 g/mol. The summed E-state index contributed by atoms with van der Waals surface area (Å²) in [6, 6.07) is 5.38. The Morgan fingerprint density at radius 2 is 2.11 bits per heavy atom. The molecule has 8 heteroatoms. The van der Waals surface area contributed by atoms with Crippen LogP contribution >= 0.6 is 6.72 Å². The van der Waals surface area contributed by atoms with Gasteiger partial charge in [-0.25, -0.2) is 0 Å². The summed E-state index contributed by atoms with van der Waals surface area (Å²) in [5, 5.41) is 10.5. The third kappa shape index (κ3) is 4.00. The first-order valence-electron chi connectivity index (χ1n) is 4.83. The molecule has 0 radical (unpaired) electrons. The second kappa shape index (κ2) is 6.36. The van der Waals surface area contributed by atoms with Gasteiger partial charge in [0.05, 0.1) is 11.5 Å². The molecule has 0 saturated heterocycles. The number of nitro groups is 1. The third-order valence-corrected chi connectivity index (χ3v) is 3.82. The van der Waals surface area contributed by atoms with Gasteiger partial charge in [0.1, 0.15) is 11.9 Å². The van der Waals surface area contributed by atoms with Crippen LogP contribution in [0.5, 0.6) is 5.75 Å². The van der Waals surface area contributed by atoms with Crippen LogP contribution in [0.1, 0.15) is 6.92 Å². The molecule has 1 aromatic rings. The number of rotatable bonds is 6. The van der Waals surface area contributed by atoms with Crippen molar-refractivity contribution >= 4 is 24.2 Å². The van der Waals surface area contributed by atoms with Crippen LogP contribution < -0.4 is 4.52 Å². The van der Waals surface area contributed by atoms with Crippen LogP contribution in [0.15, 0.2) is 24.3 Å². The van der Waals surface area contributed by atoms with E-state index >= 15 is 0 Å². The Hall–Kier alpha value is -1.61. The second-order valence-corrected chi connectivity index (χ2v) is 5.78. The van der Waals surface area contributed by atoms with E-state index in [0.717, 1.165) is 0 Å². The summed E-state index contributed by atoms with van der Waals surface area (Å²) < 4.78 is 15.3. The van der Waals surface area contributed by atoms with Crippen LogP contribution in [-0.2, 0) is 20.9 Å². The van der Waals surface area contributed by atoms with Crippen LogP contribution in [0.2, 0.25) is 0 Å². The zero-order chi connectivity index (χ0) is 13.6. The Morgan fingerprint density at radius 3 is 2.56 bits per heavy atom. The summed E-state index contributed by atoms with van der Waals surface area (Å²) in [6.45, 7) is -1.05. The number of hydrogen-bond donors (Lipinski definition) is 0. The number of terminal acetylenes is 1. The molecule has 1 aromatic carbocycles. The minimum atomic E-state index is -3.05. The van der Waals surface area contributed by atoms with Crippen molar-refractivity contribution in [3.8, 4) is 18.3 Å². The summed E-state index contributed by atoms with van der Waals surface area (Å²) >= 11 is 5.03. The summed E-state index contributed by atoms with van der Waals surface area (Å²) in [5.41, 5.74) is -0.0510. The van der Waals surface area contributed by atoms with Gasteiger partial charge >= 0.3 is 6.72 Å². The molecule has 0 N–H and O–H groups in total. The Kier molecular flexibility index (Phi) is 5.10. The van der Waals surface area contributed by atoms with Crippen molar-refractivity contribution in [2.24, 2.45) is 0 Å². The maximum Gasteiger partial charge on any atom is 0.443 e. The summed E-state index contributed by atoms with van der Waals surface area (Å²) in [4.78, 5) is 9.96. The molecule has 18 heavy (non-hydrogen) atoms. The van der Waals surface area contributed by atoms with Gasteiger partial charge in [0, 0.05) is 23.9 Å². The highest BCUT2D eigenvalue weighted by atomic mass is 32.5. The maximum absolute atomic E-state index is 10.5. The van der Waals surface area contributed by atoms with Crippen molar-refractivity contribution in [1.82, 2.24) is 0 Å². The topological polar surface area (TPSA) is 70.8 Å². The molecule has 96 valence electrons. The van der Waals surface area contributed by atoms with Crippen molar-refractivity contribution < 1.29 is 18.5 Å². The molecule has 0 heterocycles. The summed E-state index contributed by atoms with van der Waals surface area (Å²) in [5.74, 6) is 0.299. The van der Waals surface area contributed by atoms with Crippen LogP contribution in [0.3, 0.4) is 0 Å². The highest BCUT2D eigenvalue weighted by molar-refractivity contribution is 8.07. The molecule has 6 nitrogen and oxygen atoms in total. The molecule has 0 bridgehead atoms. The van der Waals surface area contributed by atoms with E-state index in [1.165, 1.54) is 24.3 Å². The van der Waals surface area contributed by atoms with Crippen molar-refractivity contribution in [1.29, 1.82) is 0 Å². The van der Waals surface area contributed by atoms with E-state index in [4.69, 9.17) is 31.8 Å². The summed E-state index contributed by atoms with van der Waals surface area (Å²) in [6.07, 6.45) is 6.93.